The molecule has 0 bridgehead atoms. The fraction of sp³-hybridized carbons (Fsp3) is 0.818. The van der Waals surface area contributed by atoms with Crippen molar-refractivity contribution in [1.82, 2.24) is 0 Å². The summed E-state index contributed by atoms with van der Waals surface area (Å²) >= 11 is 0. The molecule has 0 radical (unpaired) electrons. The van der Waals surface area contributed by atoms with Gasteiger partial charge in [0.1, 0.15) is 0 Å². The highest BCUT2D eigenvalue weighted by Crippen LogP contribution is 2.35. The smallest absolute Gasteiger partial charge is 0.0605 e. The molecule has 0 aromatic rings. The van der Waals surface area contributed by atoms with Crippen molar-refractivity contribution in [3.8, 4) is 0 Å². The first-order valence-electron chi connectivity index (χ1n) is 4.79. The molecule has 2 unspecified atom stereocenters. The van der Waals surface area contributed by atoms with E-state index in [1.54, 1.807) is 0 Å². The Labute approximate surface area is 75.5 Å². The van der Waals surface area contributed by atoms with E-state index in [9.17, 15) is 5.11 Å². The molecule has 0 aliphatic heterocycles. The summed E-state index contributed by atoms with van der Waals surface area (Å²) in [7, 11) is 0. The van der Waals surface area contributed by atoms with E-state index in [0.717, 1.165) is 12.8 Å². The summed E-state index contributed by atoms with van der Waals surface area (Å²) in [5.74, 6) is 0.441. The fourth-order valence-electron chi connectivity index (χ4n) is 1.61. The second kappa shape index (κ2) is 3.21. The molecule has 1 N–H and O–H groups in total. The van der Waals surface area contributed by atoms with Crippen LogP contribution in [0.1, 0.15) is 40.5 Å². The number of hydrogen-bond donors (Lipinski definition) is 1. The minimum absolute atomic E-state index is 0.121. The van der Waals surface area contributed by atoms with E-state index >= 15 is 0 Å². The van der Waals surface area contributed by atoms with Crippen molar-refractivity contribution < 1.29 is 5.11 Å². The molecule has 0 aromatic heterocycles. The average molecular weight is 168 g/mol. The second-order valence-electron chi connectivity index (χ2n) is 4.96. The zero-order chi connectivity index (χ0) is 9.35. The summed E-state index contributed by atoms with van der Waals surface area (Å²) in [6.45, 7) is 8.74. The maximum Gasteiger partial charge on any atom is 0.0605 e. The van der Waals surface area contributed by atoms with Crippen LogP contribution in [0.15, 0.2) is 11.6 Å². The molecule has 1 aliphatic carbocycles. The third-order valence-corrected chi connectivity index (χ3v) is 2.79. The van der Waals surface area contributed by atoms with Gasteiger partial charge in [-0.2, -0.15) is 0 Å². The van der Waals surface area contributed by atoms with Gasteiger partial charge in [-0.15, -0.1) is 0 Å². The van der Waals surface area contributed by atoms with Gasteiger partial charge in [-0.1, -0.05) is 39.3 Å². The Bertz CT molecular complexity index is 186. The number of allylic oxidation sites excluding steroid dienone is 1. The number of aliphatic hydroxyl groups excluding tert-OH is 1. The van der Waals surface area contributed by atoms with Gasteiger partial charge in [-0.25, -0.2) is 0 Å². The third kappa shape index (κ3) is 2.10. The molecule has 1 heteroatoms. The van der Waals surface area contributed by atoms with Crippen LogP contribution in [0, 0.1) is 11.3 Å². The first kappa shape index (κ1) is 9.79. The van der Waals surface area contributed by atoms with Crippen molar-refractivity contribution in [3.63, 3.8) is 0 Å². The van der Waals surface area contributed by atoms with Gasteiger partial charge >= 0.3 is 0 Å². The molecule has 0 saturated heterocycles. The van der Waals surface area contributed by atoms with Crippen LogP contribution in [0.5, 0.6) is 0 Å². The molecule has 1 nitrogen and oxygen atoms in total. The molecule has 0 amide bonds. The molecule has 0 aromatic carbocycles. The molecule has 12 heavy (non-hydrogen) atoms. The molecule has 0 fully saturated rings. The van der Waals surface area contributed by atoms with E-state index in [4.69, 9.17) is 0 Å². The van der Waals surface area contributed by atoms with Crippen LogP contribution in [-0.2, 0) is 0 Å². The maximum atomic E-state index is 9.67. The first-order chi connectivity index (χ1) is 5.41. The van der Waals surface area contributed by atoms with Crippen molar-refractivity contribution in [2.75, 3.05) is 0 Å². The van der Waals surface area contributed by atoms with Crippen LogP contribution < -0.4 is 0 Å². The van der Waals surface area contributed by atoms with Crippen molar-refractivity contribution >= 4 is 0 Å². The SMILES string of the molecule is CC1CC=C(C(C)(C)C)CC1O. The molecule has 0 heterocycles. The second-order valence-corrected chi connectivity index (χ2v) is 4.96. The minimum atomic E-state index is -0.121. The van der Waals surface area contributed by atoms with Gasteiger partial charge in [0.25, 0.3) is 0 Å². The summed E-state index contributed by atoms with van der Waals surface area (Å²) in [6.07, 6.45) is 4.08. The van der Waals surface area contributed by atoms with E-state index in [2.05, 4.69) is 33.8 Å². The fourth-order valence-corrected chi connectivity index (χ4v) is 1.61. The Morgan fingerprint density at radius 1 is 1.42 bits per heavy atom. The monoisotopic (exact) mass is 168 g/mol. The summed E-state index contributed by atoms with van der Waals surface area (Å²) < 4.78 is 0. The van der Waals surface area contributed by atoms with E-state index in [-0.39, 0.29) is 11.5 Å². The van der Waals surface area contributed by atoms with Crippen LogP contribution in [0.25, 0.3) is 0 Å². The summed E-state index contributed by atoms with van der Waals surface area (Å²) in [5, 5.41) is 9.67. The zero-order valence-corrected chi connectivity index (χ0v) is 8.59. The predicted molar refractivity (Wildman–Crippen MR) is 51.9 cm³/mol. The van der Waals surface area contributed by atoms with Gasteiger partial charge < -0.3 is 5.11 Å². The zero-order valence-electron chi connectivity index (χ0n) is 8.59. The van der Waals surface area contributed by atoms with Gasteiger partial charge in [0, 0.05) is 0 Å². The molecular formula is C11H20O. The van der Waals surface area contributed by atoms with Crippen molar-refractivity contribution in [3.05, 3.63) is 11.6 Å². The number of aliphatic hydroxyl groups is 1. The predicted octanol–water partition coefficient (Wildman–Crippen LogP) is 2.75. The lowest BCUT2D eigenvalue weighted by molar-refractivity contribution is 0.105. The lowest BCUT2D eigenvalue weighted by Crippen LogP contribution is -2.26. The lowest BCUT2D eigenvalue weighted by Gasteiger charge is -2.31. The lowest BCUT2D eigenvalue weighted by atomic mass is 9.76. The van der Waals surface area contributed by atoms with Gasteiger partial charge in [0.2, 0.25) is 0 Å². The van der Waals surface area contributed by atoms with Crippen LogP contribution in [0.2, 0.25) is 0 Å². The standard InChI is InChI=1S/C11H20O/c1-8-5-6-9(7-10(8)12)11(2,3)4/h6,8,10,12H,5,7H2,1-4H3. The third-order valence-electron chi connectivity index (χ3n) is 2.79. The van der Waals surface area contributed by atoms with Crippen LogP contribution in [-0.4, -0.2) is 11.2 Å². The molecular weight excluding hydrogens is 148 g/mol. The Kier molecular flexibility index (Phi) is 2.62. The summed E-state index contributed by atoms with van der Waals surface area (Å²) in [6, 6.07) is 0. The van der Waals surface area contributed by atoms with Gasteiger partial charge in [0.05, 0.1) is 6.10 Å². The normalized spacial score (nSPS) is 31.6. The van der Waals surface area contributed by atoms with Crippen molar-refractivity contribution in [1.29, 1.82) is 0 Å². The van der Waals surface area contributed by atoms with Gasteiger partial charge in [-0.3, -0.25) is 0 Å². The molecule has 1 rings (SSSR count). The number of rotatable bonds is 0. The Hall–Kier alpha value is -0.300. The van der Waals surface area contributed by atoms with E-state index in [0.29, 0.717) is 5.92 Å². The highest BCUT2D eigenvalue weighted by molar-refractivity contribution is 5.15. The highest BCUT2D eigenvalue weighted by atomic mass is 16.3. The van der Waals surface area contributed by atoms with E-state index in [1.807, 2.05) is 0 Å². The number of hydrogen-bond acceptors (Lipinski definition) is 1. The quantitative estimate of drug-likeness (QED) is 0.551. The van der Waals surface area contributed by atoms with Crippen molar-refractivity contribution in [2.24, 2.45) is 11.3 Å². The Balaban J connectivity index is 2.71. The Morgan fingerprint density at radius 3 is 2.42 bits per heavy atom. The van der Waals surface area contributed by atoms with Crippen LogP contribution in [0.3, 0.4) is 0 Å². The van der Waals surface area contributed by atoms with Crippen LogP contribution in [0.4, 0.5) is 0 Å². The molecule has 1 aliphatic rings. The Morgan fingerprint density at radius 2 is 2.00 bits per heavy atom. The summed E-state index contributed by atoms with van der Waals surface area (Å²) in [4.78, 5) is 0. The summed E-state index contributed by atoms with van der Waals surface area (Å²) in [5.41, 5.74) is 1.65. The largest absolute Gasteiger partial charge is 0.393 e. The molecule has 2 atom stereocenters. The first-order valence-corrected chi connectivity index (χ1v) is 4.79. The maximum absolute atomic E-state index is 9.67. The van der Waals surface area contributed by atoms with E-state index in [1.165, 1.54) is 5.57 Å². The molecule has 0 spiro atoms. The van der Waals surface area contributed by atoms with E-state index < -0.39 is 0 Å². The highest BCUT2D eigenvalue weighted by Gasteiger charge is 2.26. The topological polar surface area (TPSA) is 20.2 Å². The molecule has 0 saturated carbocycles. The minimum Gasteiger partial charge on any atom is -0.393 e. The van der Waals surface area contributed by atoms with Gasteiger partial charge in [-0.05, 0) is 24.2 Å². The molecule has 70 valence electrons. The van der Waals surface area contributed by atoms with Gasteiger partial charge in [0.15, 0.2) is 0 Å². The van der Waals surface area contributed by atoms with Crippen molar-refractivity contribution in [2.45, 2.75) is 46.6 Å². The average Bonchev–Trinajstić information content (AvgIpc) is 1.92. The van der Waals surface area contributed by atoms with Crippen LogP contribution >= 0.6 is 0 Å².